The Balaban J connectivity index is 1.22. The molecule has 0 saturated carbocycles. The third kappa shape index (κ3) is 6.44. The van der Waals surface area contributed by atoms with E-state index in [0.29, 0.717) is 12.3 Å². The molecule has 4 aromatic heterocycles. The summed E-state index contributed by atoms with van der Waals surface area (Å²) in [6.45, 7) is 0. The molecule has 1 unspecified atom stereocenters. The molecule has 62 heavy (non-hydrogen) atoms. The van der Waals surface area contributed by atoms with E-state index in [4.69, 9.17) is 9.98 Å². The predicted molar refractivity (Wildman–Crippen MR) is 256 cm³/mol. The number of nitrogens with one attached hydrogen (secondary N) is 1. The Bertz CT molecular complexity index is 3420. The van der Waals surface area contributed by atoms with Gasteiger partial charge in [0.1, 0.15) is 5.84 Å². The summed E-state index contributed by atoms with van der Waals surface area (Å²) in [4.78, 5) is 18.2. The van der Waals surface area contributed by atoms with Crippen molar-refractivity contribution in [1.29, 1.82) is 5.41 Å². The molecule has 0 saturated heterocycles. The first-order valence-electron chi connectivity index (χ1n) is 20.8. The molecular formula is C55H39N7. The lowest BCUT2D eigenvalue weighted by atomic mass is 9.80. The molecule has 0 bridgehead atoms. The number of amidine groups is 2. The maximum Gasteiger partial charge on any atom is 0.161 e. The first kappa shape index (κ1) is 36.8. The number of para-hydroxylation sites is 3. The highest BCUT2D eigenvalue weighted by Gasteiger charge is 2.32. The maximum atomic E-state index is 9.75. The van der Waals surface area contributed by atoms with Crippen molar-refractivity contribution in [3.63, 3.8) is 0 Å². The van der Waals surface area contributed by atoms with Crippen molar-refractivity contribution in [2.45, 2.75) is 12.3 Å². The molecule has 1 atom stereocenters. The summed E-state index contributed by atoms with van der Waals surface area (Å²) < 4.78 is 4.93. The lowest BCUT2D eigenvalue weighted by molar-refractivity contribution is 0.817. The zero-order valence-electron chi connectivity index (χ0n) is 33.7. The van der Waals surface area contributed by atoms with E-state index in [-0.39, 0.29) is 11.8 Å². The van der Waals surface area contributed by atoms with Gasteiger partial charge in [-0.2, -0.15) is 0 Å². The van der Waals surface area contributed by atoms with Crippen molar-refractivity contribution in [3.8, 4) is 5.69 Å². The normalized spacial score (nSPS) is 14.7. The Morgan fingerprint density at radius 2 is 1.19 bits per heavy atom. The van der Waals surface area contributed by atoms with Crippen molar-refractivity contribution in [1.82, 2.24) is 19.1 Å². The van der Waals surface area contributed by atoms with Gasteiger partial charge in [-0.15, -0.1) is 0 Å². The molecule has 11 rings (SSSR count). The van der Waals surface area contributed by atoms with Crippen LogP contribution in [0.5, 0.6) is 0 Å². The Morgan fingerprint density at radius 3 is 1.92 bits per heavy atom. The molecule has 0 aliphatic heterocycles. The second-order valence-corrected chi connectivity index (χ2v) is 15.5. The summed E-state index contributed by atoms with van der Waals surface area (Å²) in [7, 11) is 0. The van der Waals surface area contributed by atoms with E-state index >= 15 is 0 Å². The van der Waals surface area contributed by atoms with Crippen molar-refractivity contribution in [3.05, 3.63) is 235 Å². The van der Waals surface area contributed by atoms with Crippen molar-refractivity contribution >= 4 is 72.8 Å². The number of aromatic nitrogens is 4. The summed E-state index contributed by atoms with van der Waals surface area (Å²) in [5.41, 5.74) is 12.6. The van der Waals surface area contributed by atoms with Crippen LogP contribution < -0.4 is 0 Å². The summed E-state index contributed by atoms with van der Waals surface area (Å²) in [5.74, 6) is 0.443. The van der Waals surface area contributed by atoms with Crippen molar-refractivity contribution in [2.75, 3.05) is 0 Å². The molecule has 10 aromatic rings. The number of nitrogens with zero attached hydrogens (tertiary/aromatic N) is 6. The number of benzene rings is 6. The van der Waals surface area contributed by atoms with E-state index < -0.39 is 0 Å². The number of pyridine rings is 2. The van der Waals surface area contributed by atoms with Gasteiger partial charge in [0.25, 0.3) is 0 Å². The molecular weight excluding hydrogens is 759 g/mol. The first-order valence-corrected chi connectivity index (χ1v) is 20.8. The molecule has 1 aliphatic rings. The van der Waals surface area contributed by atoms with Gasteiger partial charge in [-0.1, -0.05) is 121 Å². The van der Waals surface area contributed by atoms with Gasteiger partial charge >= 0.3 is 0 Å². The Morgan fingerprint density at radius 1 is 0.581 bits per heavy atom. The number of hydrogen-bond acceptors (Lipinski definition) is 3. The van der Waals surface area contributed by atoms with Crippen LogP contribution in [0.3, 0.4) is 0 Å². The minimum Gasteiger partial charge on any atom is -0.311 e. The van der Waals surface area contributed by atoms with Crippen LogP contribution in [0.2, 0.25) is 0 Å². The highest BCUT2D eigenvalue weighted by atomic mass is 15.0. The predicted octanol–water partition coefficient (Wildman–Crippen LogP) is 12.7. The fraction of sp³-hybridized carbons (Fsp3) is 0.0364. The zero-order valence-corrected chi connectivity index (χ0v) is 33.7. The number of fused-ring (bicyclic) bond motifs is 7. The van der Waals surface area contributed by atoms with E-state index in [1.54, 1.807) is 31.0 Å². The van der Waals surface area contributed by atoms with Crippen LogP contribution >= 0.6 is 0 Å². The van der Waals surface area contributed by atoms with E-state index in [1.807, 2.05) is 24.3 Å². The van der Waals surface area contributed by atoms with Crippen LogP contribution in [0, 0.1) is 5.41 Å². The van der Waals surface area contributed by atoms with Gasteiger partial charge in [0.2, 0.25) is 0 Å². The minimum absolute atomic E-state index is 0.150. The SMILES string of the molecule is N=C(N=C(N=Cc1ccncc1)c1ccncc1)C1=CC(c2ccccc2)=C(n2c3ccccc3c3ccc4c(c5ccccc5n4-c4ccccc4)c32)C(c2ccccc2)C1. The Kier molecular flexibility index (Phi) is 9.32. The topological polar surface area (TPSA) is 84.2 Å². The standard InChI is InChI=1S/C55H39N7/c56-54(60-55(40-28-32-58-33-29-40)59-36-37-26-30-57-31-27-37)41-34-46(38-14-4-1-5-15-38)52(47(35-41)39-16-6-2-7-17-39)62-48-22-12-10-20-43(48)44-24-25-50-51(53(44)62)45-21-11-13-23-49(45)61(50)42-18-8-3-9-19-42/h1-34,36,47,56H,35H2. The monoisotopic (exact) mass is 797 g/mol. The van der Waals surface area contributed by atoms with Crippen LogP contribution in [0.25, 0.3) is 60.6 Å². The van der Waals surface area contributed by atoms with Crippen LogP contribution in [0.4, 0.5) is 0 Å². The molecule has 7 nitrogen and oxygen atoms in total. The quantitative estimate of drug-likeness (QED) is 0.129. The van der Waals surface area contributed by atoms with Crippen molar-refractivity contribution < 1.29 is 0 Å². The summed E-state index contributed by atoms with van der Waals surface area (Å²) in [6.07, 6.45) is 11.4. The van der Waals surface area contributed by atoms with E-state index in [9.17, 15) is 5.41 Å². The third-order valence-corrected chi connectivity index (χ3v) is 11.9. The zero-order chi connectivity index (χ0) is 41.4. The number of aliphatic imine (C=N–C) groups is 2. The van der Waals surface area contributed by atoms with Crippen LogP contribution in [0.15, 0.2) is 222 Å². The second kappa shape index (κ2) is 15.7. The fourth-order valence-electron chi connectivity index (χ4n) is 9.11. The largest absolute Gasteiger partial charge is 0.311 e. The van der Waals surface area contributed by atoms with Gasteiger partial charge in [0.15, 0.2) is 5.84 Å². The molecule has 294 valence electrons. The average molecular weight is 798 g/mol. The number of hydrogen-bond donors (Lipinski definition) is 1. The molecule has 4 heterocycles. The minimum atomic E-state index is -0.150. The van der Waals surface area contributed by atoms with Crippen LogP contribution in [-0.4, -0.2) is 37.0 Å². The second-order valence-electron chi connectivity index (χ2n) is 15.5. The highest BCUT2D eigenvalue weighted by molar-refractivity contribution is 6.27. The van der Waals surface area contributed by atoms with Crippen LogP contribution in [-0.2, 0) is 0 Å². The van der Waals surface area contributed by atoms with Gasteiger partial charge in [0, 0.05) is 81.0 Å². The summed E-state index contributed by atoms with van der Waals surface area (Å²) in [5, 5.41) is 14.5. The number of rotatable bonds is 7. The van der Waals surface area contributed by atoms with Crippen molar-refractivity contribution in [2.24, 2.45) is 9.98 Å². The van der Waals surface area contributed by atoms with Gasteiger partial charge in [-0.25, -0.2) is 9.98 Å². The maximum absolute atomic E-state index is 9.75. The fourth-order valence-corrected chi connectivity index (χ4v) is 9.11. The smallest absolute Gasteiger partial charge is 0.161 e. The molecule has 0 amide bonds. The lowest BCUT2D eigenvalue weighted by Crippen LogP contribution is -2.18. The molecule has 0 fully saturated rings. The summed E-state index contributed by atoms with van der Waals surface area (Å²) >= 11 is 0. The van der Waals surface area contributed by atoms with Gasteiger partial charge < -0.3 is 9.13 Å². The molecule has 1 aliphatic carbocycles. The molecule has 1 N–H and O–H groups in total. The average Bonchev–Trinajstić information content (AvgIpc) is 3.86. The summed E-state index contributed by atoms with van der Waals surface area (Å²) in [6, 6.07) is 61.7. The van der Waals surface area contributed by atoms with Crippen LogP contribution in [0.1, 0.15) is 34.6 Å². The first-order chi connectivity index (χ1) is 30.7. The molecule has 6 aromatic carbocycles. The van der Waals surface area contributed by atoms with E-state index in [0.717, 1.165) is 66.9 Å². The van der Waals surface area contributed by atoms with E-state index in [1.165, 1.54) is 21.5 Å². The van der Waals surface area contributed by atoms with Gasteiger partial charge in [-0.05, 0) is 89.4 Å². The van der Waals surface area contributed by atoms with E-state index in [2.05, 4.69) is 177 Å². The Hall–Kier alpha value is -8.29. The Labute approximate surface area is 358 Å². The molecule has 0 radical (unpaired) electrons. The third-order valence-electron chi connectivity index (χ3n) is 11.9. The van der Waals surface area contributed by atoms with Gasteiger partial charge in [-0.3, -0.25) is 15.4 Å². The number of allylic oxidation sites excluding steroid dienone is 3. The molecule has 7 heteroatoms. The van der Waals surface area contributed by atoms with Gasteiger partial charge in [0.05, 0.1) is 22.1 Å². The molecule has 0 spiro atoms. The lowest BCUT2D eigenvalue weighted by Gasteiger charge is -2.31. The highest BCUT2D eigenvalue weighted by Crippen LogP contribution is 2.49.